The number of hydrogen-bond donors (Lipinski definition) is 2. The molecule has 2 nitrogen and oxygen atoms in total. The van der Waals surface area contributed by atoms with Gasteiger partial charge in [0.25, 0.3) is 0 Å². The minimum atomic E-state index is -4.17. The molecule has 0 heterocycles. The Morgan fingerprint density at radius 1 is 1.29 bits per heavy atom. The van der Waals surface area contributed by atoms with Crippen LogP contribution in [0.1, 0.15) is 30.9 Å². The van der Waals surface area contributed by atoms with Crippen LogP contribution in [0.3, 0.4) is 0 Å². The number of benzene rings is 1. The first-order chi connectivity index (χ1) is 7.92. The third-order valence-corrected chi connectivity index (χ3v) is 2.41. The first kappa shape index (κ1) is 13.9. The van der Waals surface area contributed by atoms with Crippen molar-refractivity contribution in [2.75, 3.05) is 0 Å². The van der Waals surface area contributed by atoms with Crippen molar-refractivity contribution in [2.45, 2.75) is 31.5 Å². The van der Waals surface area contributed by atoms with E-state index < -0.39 is 24.5 Å². The summed E-state index contributed by atoms with van der Waals surface area (Å²) in [7, 11) is 0. The van der Waals surface area contributed by atoms with Crippen LogP contribution in [0.2, 0.25) is 0 Å². The summed E-state index contributed by atoms with van der Waals surface area (Å²) < 4.78 is 48.8. The van der Waals surface area contributed by atoms with Crippen LogP contribution in [0.25, 0.3) is 0 Å². The molecule has 1 unspecified atom stereocenters. The topological polar surface area (TPSA) is 38.0 Å². The van der Waals surface area contributed by atoms with E-state index in [1.807, 2.05) is 0 Å². The lowest BCUT2D eigenvalue weighted by Gasteiger charge is -2.16. The monoisotopic (exact) mass is 250 g/mol. The highest BCUT2D eigenvalue weighted by Gasteiger charge is 2.26. The normalized spacial score (nSPS) is 13.7. The van der Waals surface area contributed by atoms with E-state index in [4.69, 9.17) is 5.84 Å². The van der Waals surface area contributed by atoms with Gasteiger partial charge in [-0.2, -0.15) is 13.2 Å². The Labute approximate surface area is 96.8 Å². The number of halogens is 4. The Balaban J connectivity index is 2.54. The summed E-state index contributed by atoms with van der Waals surface area (Å²) >= 11 is 0. The molecule has 3 N–H and O–H groups in total. The minimum absolute atomic E-state index is 0.0467. The molecule has 0 saturated carbocycles. The first-order valence-corrected chi connectivity index (χ1v) is 5.21. The van der Waals surface area contributed by atoms with Crippen molar-refractivity contribution in [1.82, 2.24) is 5.43 Å². The maximum Gasteiger partial charge on any atom is 0.389 e. The summed E-state index contributed by atoms with van der Waals surface area (Å²) in [6, 6.07) is 5.19. The molecule has 1 aromatic rings. The zero-order valence-corrected chi connectivity index (χ0v) is 9.10. The largest absolute Gasteiger partial charge is 0.389 e. The molecule has 0 amide bonds. The molecule has 0 aliphatic rings. The van der Waals surface area contributed by atoms with Gasteiger partial charge in [-0.05, 0) is 30.5 Å². The number of hydrogen-bond acceptors (Lipinski definition) is 2. The molecule has 0 bridgehead atoms. The van der Waals surface area contributed by atoms with Crippen LogP contribution in [0.4, 0.5) is 17.6 Å². The Morgan fingerprint density at radius 3 is 2.53 bits per heavy atom. The average Bonchev–Trinajstić information content (AvgIpc) is 2.23. The predicted molar refractivity (Wildman–Crippen MR) is 56.4 cm³/mol. The van der Waals surface area contributed by atoms with Gasteiger partial charge in [0.1, 0.15) is 5.82 Å². The maximum atomic E-state index is 12.9. The van der Waals surface area contributed by atoms with Gasteiger partial charge in [0.2, 0.25) is 0 Å². The van der Waals surface area contributed by atoms with E-state index in [0.717, 1.165) is 0 Å². The third kappa shape index (κ3) is 5.14. The van der Waals surface area contributed by atoms with Gasteiger partial charge in [-0.25, -0.2) is 4.39 Å². The standard InChI is InChI=1S/C11H14F4N2/c12-9-4-1-3-8(7-9)10(17-16)5-2-6-11(13,14)15/h1,3-4,7,10,17H,2,5-6,16H2. The summed E-state index contributed by atoms with van der Waals surface area (Å²) in [5, 5.41) is 0. The third-order valence-electron chi connectivity index (χ3n) is 2.41. The molecule has 17 heavy (non-hydrogen) atoms. The second-order valence-corrected chi connectivity index (χ2v) is 3.78. The molecular weight excluding hydrogens is 236 g/mol. The molecule has 0 aliphatic carbocycles. The minimum Gasteiger partial charge on any atom is -0.271 e. The Hall–Kier alpha value is -1.14. The van der Waals surface area contributed by atoms with Crippen molar-refractivity contribution >= 4 is 0 Å². The molecule has 1 aromatic carbocycles. The van der Waals surface area contributed by atoms with Crippen LogP contribution in [0.15, 0.2) is 24.3 Å². The fraction of sp³-hybridized carbons (Fsp3) is 0.455. The molecule has 1 atom stereocenters. The highest BCUT2D eigenvalue weighted by Crippen LogP contribution is 2.26. The molecule has 0 aliphatic heterocycles. The summed E-state index contributed by atoms with van der Waals surface area (Å²) in [6.45, 7) is 0. The second kappa shape index (κ2) is 5.97. The van der Waals surface area contributed by atoms with Gasteiger partial charge in [0.05, 0.1) is 0 Å². The summed E-state index contributed by atoms with van der Waals surface area (Å²) in [6.07, 6.45) is -4.87. The highest BCUT2D eigenvalue weighted by molar-refractivity contribution is 5.19. The number of nitrogens with two attached hydrogens (primary N) is 1. The smallest absolute Gasteiger partial charge is 0.271 e. The van der Waals surface area contributed by atoms with Gasteiger partial charge in [-0.3, -0.25) is 11.3 Å². The lowest BCUT2D eigenvalue weighted by Crippen LogP contribution is -2.28. The van der Waals surface area contributed by atoms with Gasteiger partial charge in [0, 0.05) is 12.5 Å². The molecule has 1 rings (SSSR count). The van der Waals surface area contributed by atoms with Gasteiger partial charge >= 0.3 is 6.18 Å². The Bertz CT molecular complexity index is 352. The summed E-state index contributed by atoms with van der Waals surface area (Å²) in [5.41, 5.74) is 2.95. The van der Waals surface area contributed by atoms with Crippen LogP contribution in [-0.2, 0) is 0 Å². The SMILES string of the molecule is NNC(CCCC(F)(F)F)c1cccc(F)c1. The molecule has 0 fully saturated rings. The van der Waals surface area contributed by atoms with E-state index in [-0.39, 0.29) is 12.8 Å². The van der Waals surface area contributed by atoms with Crippen LogP contribution < -0.4 is 11.3 Å². The number of rotatable bonds is 5. The lowest BCUT2D eigenvalue weighted by molar-refractivity contribution is -0.135. The number of hydrazine groups is 1. The van der Waals surface area contributed by atoms with Crippen molar-refractivity contribution in [1.29, 1.82) is 0 Å². The Morgan fingerprint density at radius 2 is 2.00 bits per heavy atom. The fourth-order valence-corrected chi connectivity index (χ4v) is 1.58. The van der Waals surface area contributed by atoms with Crippen molar-refractivity contribution in [3.05, 3.63) is 35.6 Å². The predicted octanol–water partition coefficient (Wildman–Crippen LogP) is 3.06. The first-order valence-electron chi connectivity index (χ1n) is 5.21. The van der Waals surface area contributed by atoms with Crippen LogP contribution in [0.5, 0.6) is 0 Å². The fourth-order valence-electron chi connectivity index (χ4n) is 1.58. The molecule has 0 radical (unpaired) electrons. The van der Waals surface area contributed by atoms with E-state index in [9.17, 15) is 17.6 Å². The molecule has 96 valence electrons. The molecule has 0 aromatic heterocycles. The van der Waals surface area contributed by atoms with Crippen molar-refractivity contribution in [3.8, 4) is 0 Å². The quantitative estimate of drug-likeness (QED) is 0.479. The van der Waals surface area contributed by atoms with E-state index in [1.54, 1.807) is 6.07 Å². The zero-order valence-electron chi connectivity index (χ0n) is 9.10. The van der Waals surface area contributed by atoms with Gasteiger partial charge in [0.15, 0.2) is 0 Å². The molecule has 0 spiro atoms. The molecular formula is C11H14F4N2. The zero-order chi connectivity index (χ0) is 12.9. The van der Waals surface area contributed by atoms with Crippen molar-refractivity contribution in [3.63, 3.8) is 0 Å². The summed E-state index contributed by atoms with van der Waals surface area (Å²) in [5.74, 6) is 4.82. The van der Waals surface area contributed by atoms with Crippen LogP contribution in [0, 0.1) is 5.82 Å². The lowest BCUT2D eigenvalue weighted by atomic mass is 10.0. The van der Waals surface area contributed by atoms with Crippen molar-refractivity contribution < 1.29 is 17.6 Å². The van der Waals surface area contributed by atoms with Crippen molar-refractivity contribution in [2.24, 2.45) is 5.84 Å². The number of nitrogens with one attached hydrogen (secondary N) is 1. The van der Waals surface area contributed by atoms with Crippen LogP contribution >= 0.6 is 0 Å². The number of alkyl halides is 3. The molecule has 6 heteroatoms. The van der Waals surface area contributed by atoms with Gasteiger partial charge in [-0.15, -0.1) is 0 Å². The van der Waals surface area contributed by atoms with E-state index in [0.29, 0.717) is 5.56 Å². The van der Waals surface area contributed by atoms with Gasteiger partial charge in [-0.1, -0.05) is 12.1 Å². The van der Waals surface area contributed by atoms with E-state index in [1.165, 1.54) is 18.2 Å². The maximum absolute atomic E-state index is 12.9. The van der Waals surface area contributed by atoms with E-state index in [2.05, 4.69) is 5.43 Å². The van der Waals surface area contributed by atoms with Crippen LogP contribution in [-0.4, -0.2) is 6.18 Å². The van der Waals surface area contributed by atoms with Gasteiger partial charge < -0.3 is 0 Å². The van der Waals surface area contributed by atoms with E-state index >= 15 is 0 Å². The second-order valence-electron chi connectivity index (χ2n) is 3.78. The molecule has 0 saturated heterocycles. The highest BCUT2D eigenvalue weighted by atomic mass is 19.4. The average molecular weight is 250 g/mol. The Kier molecular flexibility index (Phi) is 4.89. The summed E-state index contributed by atoms with van der Waals surface area (Å²) in [4.78, 5) is 0.